The number of hydrogen-bond acceptors (Lipinski definition) is 4. The lowest BCUT2D eigenvalue weighted by Gasteiger charge is -2.19. The number of aliphatic hydroxyl groups excluding tert-OH is 1. The molecule has 102 valence electrons. The van der Waals surface area contributed by atoms with Crippen molar-refractivity contribution in [3.63, 3.8) is 0 Å². The van der Waals surface area contributed by atoms with Gasteiger partial charge in [-0.1, -0.05) is 11.6 Å². The largest absolute Gasteiger partial charge is 0.478 e. The molecular formula is C13H15ClN2O3. The van der Waals surface area contributed by atoms with Crippen molar-refractivity contribution in [2.75, 3.05) is 18.0 Å². The second kappa shape index (κ2) is 4.65. The van der Waals surface area contributed by atoms with Gasteiger partial charge in [0, 0.05) is 25.2 Å². The number of carbonyl (C=O) groups is 1. The predicted molar refractivity (Wildman–Crippen MR) is 70.6 cm³/mol. The van der Waals surface area contributed by atoms with E-state index >= 15 is 0 Å². The summed E-state index contributed by atoms with van der Waals surface area (Å²) in [5.41, 5.74) is 0.0734. The van der Waals surface area contributed by atoms with Crippen LogP contribution in [0.2, 0.25) is 5.02 Å². The molecule has 0 amide bonds. The number of anilines is 1. The van der Waals surface area contributed by atoms with E-state index in [2.05, 4.69) is 4.98 Å². The van der Waals surface area contributed by atoms with Gasteiger partial charge in [0.15, 0.2) is 0 Å². The highest BCUT2D eigenvalue weighted by Crippen LogP contribution is 2.39. The van der Waals surface area contributed by atoms with Crippen molar-refractivity contribution in [3.8, 4) is 0 Å². The van der Waals surface area contributed by atoms with Crippen LogP contribution < -0.4 is 4.90 Å². The average molecular weight is 283 g/mol. The molecule has 1 saturated carbocycles. The molecule has 2 fully saturated rings. The number of hydrogen-bond donors (Lipinski definition) is 2. The maximum Gasteiger partial charge on any atom is 0.337 e. The first-order valence-corrected chi connectivity index (χ1v) is 6.76. The van der Waals surface area contributed by atoms with Gasteiger partial charge in [-0.3, -0.25) is 0 Å². The Hall–Kier alpha value is -1.33. The molecule has 0 bridgehead atoms. The SMILES string of the molecule is O=C(O)c1cc(N2CC3CCC(O)C3C2)ncc1Cl. The van der Waals surface area contributed by atoms with Gasteiger partial charge >= 0.3 is 5.97 Å². The van der Waals surface area contributed by atoms with Gasteiger partial charge in [-0.25, -0.2) is 9.78 Å². The Morgan fingerprint density at radius 2 is 2.21 bits per heavy atom. The molecule has 3 unspecified atom stereocenters. The van der Waals surface area contributed by atoms with Crippen LogP contribution in [0.1, 0.15) is 23.2 Å². The Kier molecular flexibility index (Phi) is 3.11. The molecule has 3 rings (SSSR count). The van der Waals surface area contributed by atoms with Crippen molar-refractivity contribution in [3.05, 3.63) is 22.8 Å². The summed E-state index contributed by atoms with van der Waals surface area (Å²) in [7, 11) is 0. The van der Waals surface area contributed by atoms with Gasteiger partial charge in [0.05, 0.1) is 16.7 Å². The third kappa shape index (κ3) is 2.17. The number of carboxylic acid groups (broad SMARTS) is 1. The third-order valence-corrected chi connectivity index (χ3v) is 4.52. The van der Waals surface area contributed by atoms with Gasteiger partial charge in [0.25, 0.3) is 0 Å². The minimum Gasteiger partial charge on any atom is -0.478 e. The number of halogens is 1. The molecule has 19 heavy (non-hydrogen) atoms. The lowest BCUT2D eigenvalue weighted by molar-refractivity contribution is 0.0697. The van der Waals surface area contributed by atoms with Crippen molar-refractivity contribution < 1.29 is 15.0 Å². The summed E-state index contributed by atoms with van der Waals surface area (Å²) < 4.78 is 0. The monoisotopic (exact) mass is 282 g/mol. The van der Waals surface area contributed by atoms with E-state index < -0.39 is 5.97 Å². The molecule has 3 atom stereocenters. The highest BCUT2D eigenvalue weighted by Gasteiger charge is 2.42. The Balaban J connectivity index is 1.84. The molecular weight excluding hydrogens is 268 g/mol. The lowest BCUT2D eigenvalue weighted by atomic mass is 10.00. The molecule has 1 aromatic rings. The molecule has 1 saturated heterocycles. The smallest absolute Gasteiger partial charge is 0.337 e. The molecule has 2 N–H and O–H groups in total. The molecule has 5 nitrogen and oxygen atoms in total. The summed E-state index contributed by atoms with van der Waals surface area (Å²) in [6, 6.07) is 1.51. The summed E-state index contributed by atoms with van der Waals surface area (Å²) in [4.78, 5) is 17.3. The minimum atomic E-state index is -1.05. The number of rotatable bonds is 2. The van der Waals surface area contributed by atoms with Crippen molar-refractivity contribution in [1.29, 1.82) is 0 Å². The number of pyridine rings is 1. The zero-order chi connectivity index (χ0) is 13.6. The summed E-state index contributed by atoms with van der Waals surface area (Å²) in [5, 5.41) is 19.1. The summed E-state index contributed by atoms with van der Waals surface area (Å²) in [5.74, 6) is 0.350. The average Bonchev–Trinajstić information content (AvgIpc) is 2.92. The van der Waals surface area contributed by atoms with Gasteiger partial charge in [0.1, 0.15) is 5.82 Å². The fourth-order valence-corrected chi connectivity index (χ4v) is 3.37. The third-order valence-electron chi connectivity index (χ3n) is 4.21. The number of nitrogens with zero attached hydrogens (tertiary/aromatic N) is 2. The number of carboxylic acids is 1. The Morgan fingerprint density at radius 3 is 2.89 bits per heavy atom. The van der Waals surface area contributed by atoms with Crippen LogP contribution in [0.3, 0.4) is 0 Å². The van der Waals surface area contributed by atoms with Crippen LogP contribution in [-0.2, 0) is 0 Å². The highest BCUT2D eigenvalue weighted by molar-refractivity contribution is 6.33. The van der Waals surface area contributed by atoms with Gasteiger partial charge in [-0.2, -0.15) is 0 Å². The van der Waals surface area contributed by atoms with E-state index in [4.69, 9.17) is 16.7 Å². The predicted octanol–water partition coefficient (Wildman–Crippen LogP) is 1.64. The molecule has 0 aromatic carbocycles. The van der Waals surface area contributed by atoms with Crippen LogP contribution in [0, 0.1) is 11.8 Å². The van der Waals surface area contributed by atoms with E-state index in [1.807, 2.05) is 4.90 Å². The quantitative estimate of drug-likeness (QED) is 0.863. The maximum absolute atomic E-state index is 11.1. The fourth-order valence-electron chi connectivity index (χ4n) is 3.19. The second-order valence-corrected chi connectivity index (χ2v) is 5.71. The first kappa shape index (κ1) is 12.7. The Morgan fingerprint density at radius 1 is 1.42 bits per heavy atom. The number of aliphatic hydroxyl groups is 1. The number of aromatic carboxylic acids is 1. The van der Waals surface area contributed by atoms with Crippen LogP contribution in [-0.4, -0.2) is 40.4 Å². The number of aromatic nitrogens is 1. The van der Waals surface area contributed by atoms with Gasteiger partial charge in [-0.05, 0) is 24.8 Å². The molecule has 2 heterocycles. The van der Waals surface area contributed by atoms with Crippen LogP contribution in [0.4, 0.5) is 5.82 Å². The molecule has 0 radical (unpaired) electrons. The molecule has 6 heteroatoms. The number of fused-ring (bicyclic) bond motifs is 1. The van der Waals surface area contributed by atoms with E-state index in [0.717, 1.165) is 25.9 Å². The topological polar surface area (TPSA) is 73.7 Å². The molecule has 1 aliphatic carbocycles. The standard InChI is InChI=1S/C13H15ClN2O3/c14-10-4-15-12(3-8(10)13(18)19)16-5-7-1-2-11(17)9(7)6-16/h3-4,7,9,11,17H,1-2,5-6H2,(H,18,19). The van der Waals surface area contributed by atoms with E-state index in [1.165, 1.54) is 12.3 Å². The van der Waals surface area contributed by atoms with Crippen molar-refractivity contribution in [2.45, 2.75) is 18.9 Å². The normalized spacial score (nSPS) is 29.6. The van der Waals surface area contributed by atoms with Gasteiger partial charge in [-0.15, -0.1) is 0 Å². The highest BCUT2D eigenvalue weighted by atomic mass is 35.5. The molecule has 1 aliphatic heterocycles. The van der Waals surface area contributed by atoms with Crippen LogP contribution in [0.5, 0.6) is 0 Å². The zero-order valence-corrected chi connectivity index (χ0v) is 11.0. The zero-order valence-electron chi connectivity index (χ0n) is 10.3. The molecule has 2 aliphatic rings. The van der Waals surface area contributed by atoms with Crippen LogP contribution >= 0.6 is 11.6 Å². The Labute approximate surface area is 115 Å². The maximum atomic E-state index is 11.1. The van der Waals surface area contributed by atoms with Crippen molar-refractivity contribution in [1.82, 2.24) is 4.98 Å². The van der Waals surface area contributed by atoms with E-state index in [1.54, 1.807) is 0 Å². The van der Waals surface area contributed by atoms with Gasteiger partial charge < -0.3 is 15.1 Å². The van der Waals surface area contributed by atoms with E-state index in [-0.39, 0.29) is 22.6 Å². The Bertz CT molecular complexity index is 523. The minimum absolute atomic E-state index is 0.0734. The first-order valence-electron chi connectivity index (χ1n) is 6.38. The van der Waals surface area contributed by atoms with Crippen molar-refractivity contribution >= 4 is 23.4 Å². The molecule has 0 spiro atoms. The summed E-state index contributed by atoms with van der Waals surface area (Å²) in [6.07, 6.45) is 3.05. The van der Waals surface area contributed by atoms with Gasteiger partial charge in [0.2, 0.25) is 0 Å². The molecule has 1 aromatic heterocycles. The van der Waals surface area contributed by atoms with Crippen LogP contribution in [0.25, 0.3) is 0 Å². The second-order valence-electron chi connectivity index (χ2n) is 5.30. The summed E-state index contributed by atoms with van der Waals surface area (Å²) >= 11 is 5.82. The van der Waals surface area contributed by atoms with E-state index in [9.17, 15) is 9.90 Å². The fraction of sp³-hybridized carbons (Fsp3) is 0.538. The van der Waals surface area contributed by atoms with E-state index in [0.29, 0.717) is 11.7 Å². The van der Waals surface area contributed by atoms with Crippen LogP contribution in [0.15, 0.2) is 12.3 Å². The lowest BCUT2D eigenvalue weighted by Crippen LogP contribution is -2.25. The summed E-state index contributed by atoms with van der Waals surface area (Å²) in [6.45, 7) is 1.56. The first-order chi connectivity index (χ1) is 9.06. The van der Waals surface area contributed by atoms with Crippen molar-refractivity contribution in [2.24, 2.45) is 11.8 Å².